The van der Waals surface area contributed by atoms with E-state index in [1.165, 1.54) is 0 Å². The minimum Gasteiger partial charge on any atom is -0.454 e. The molecule has 2 N–H and O–H groups in total. The summed E-state index contributed by atoms with van der Waals surface area (Å²) >= 11 is 0. The number of nitrogens with zero attached hydrogens (tertiary/aromatic N) is 1. The molecule has 3 amide bonds. The van der Waals surface area contributed by atoms with Crippen LogP contribution < -0.4 is 25.0 Å². The third-order valence-electron chi connectivity index (χ3n) is 5.77. The van der Waals surface area contributed by atoms with Gasteiger partial charge >= 0.3 is 11.8 Å². The first-order valence-corrected chi connectivity index (χ1v) is 9.97. The highest BCUT2D eigenvalue weighted by Crippen LogP contribution is 2.44. The van der Waals surface area contributed by atoms with E-state index in [0.29, 0.717) is 17.2 Å². The summed E-state index contributed by atoms with van der Waals surface area (Å²) in [6.45, 7) is 2.98. The smallest absolute Gasteiger partial charge is 0.313 e. The molecular weight excluding hydrogens is 386 g/mol. The van der Waals surface area contributed by atoms with Crippen molar-refractivity contribution < 1.29 is 23.9 Å². The lowest BCUT2D eigenvalue weighted by atomic mass is 9.96. The van der Waals surface area contributed by atoms with Gasteiger partial charge in [0.25, 0.3) is 0 Å². The van der Waals surface area contributed by atoms with Gasteiger partial charge in [0.05, 0.1) is 11.6 Å². The predicted octanol–water partition coefficient (Wildman–Crippen LogP) is 2.07. The summed E-state index contributed by atoms with van der Waals surface area (Å²) in [5, 5.41) is 5.29. The second-order valence-electron chi connectivity index (χ2n) is 7.71. The molecule has 0 saturated heterocycles. The van der Waals surface area contributed by atoms with Crippen molar-refractivity contribution in [2.45, 2.75) is 32.2 Å². The van der Waals surface area contributed by atoms with Crippen molar-refractivity contribution >= 4 is 29.1 Å². The molecule has 0 fully saturated rings. The topological polar surface area (TPSA) is 97.0 Å². The number of carbonyl (C=O) groups is 3. The van der Waals surface area contributed by atoms with Gasteiger partial charge in [0.1, 0.15) is 0 Å². The second kappa shape index (κ2) is 7.05. The van der Waals surface area contributed by atoms with Gasteiger partial charge in [-0.1, -0.05) is 6.07 Å². The number of benzene rings is 2. The monoisotopic (exact) mass is 407 g/mol. The van der Waals surface area contributed by atoms with Crippen LogP contribution >= 0.6 is 0 Å². The molecule has 8 nitrogen and oxygen atoms in total. The first-order valence-electron chi connectivity index (χ1n) is 9.97. The van der Waals surface area contributed by atoms with Gasteiger partial charge in [-0.3, -0.25) is 14.4 Å². The van der Waals surface area contributed by atoms with Gasteiger partial charge in [-0.15, -0.1) is 0 Å². The largest absolute Gasteiger partial charge is 0.454 e. The average Bonchev–Trinajstić information content (AvgIpc) is 3.31. The Morgan fingerprint density at radius 2 is 1.97 bits per heavy atom. The minimum absolute atomic E-state index is 0.0934. The van der Waals surface area contributed by atoms with Crippen LogP contribution in [0.5, 0.6) is 11.5 Å². The molecule has 30 heavy (non-hydrogen) atoms. The van der Waals surface area contributed by atoms with Crippen LogP contribution in [-0.2, 0) is 27.3 Å². The molecule has 0 spiro atoms. The highest BCUT2D eigenvalue weighted by Gasteiger charge is 2.38. The van der Waals surface area contributed by atoms with Gasteiger partial charge in [0, 0.05) is 18.8 Å². The predicted molar refractivity (Wildman–Crippen MR) is 109 cm³/mol. The number of aryl methyl sites for hydroxylation is 1. The summed E-state index contributed by atoms with van der Waals surface area (Å²) in [4.78, 5) is 39.0. The zero-order chi connectivity index (χ0) is 20.8. The molecule has 8 heteroatoms. The van der Waals surface area contributed by atoms with Crippen LogP contribution in [0.25, 0.3) is 0 Å². The van der Waals surface area contributed by atoms with Crippen LogP contribution in [0, 0.1) is 0 Å². The van der Waals surface area contributed by atoms with E-state index in [2.05, 4.69) is 10.6 Å². The summed E-state index contributed by atoms with van der Waals surface area (Å²) in [5.41, 5.74) is 4.26. The molecule has 0 saturated carbocycles. The Balaban J connectivity index is 1.27. The standard InChI is InChI=1S/C22H21N3O5/c1-12-16-9-15(8-14-3-2-6-25(19(14)16)22(12)28)24-21(27)20(26)23-10-13-4-5-17-18(7-13)30-11-29-17/h4-5,7-9,12H,2-3,6,10-11H2,1H3,(H,23,26)(H,24,27)/t12-/m1/s1. The lowest BCUT2D eigenvalue weighted by Crippen LogP contribution is -2.35. The number of hydrogen-bond donors (Lipinski definition) is 2. The van der Waals surface area contributed by atoms with Crippen LogP contribution in [0.2, 0.25) is 0 Å². The number of amides is 3. The Morgan fingerprint density at radius 3 is 2.83 bits per heavy atom. The van der Waals surface area contributed by atoms with Gasteiger partial charge in [-0.2, -0.15) is 0 Å². The van der Waals surface area contributed by atoms with Gasteiger partial charge in [0.15, 0.2) is 11.5 Å². The van der Waals surface area contributed by atoms with E-state index in [1.54, 1.807) is 24.3 Å². The molecule has 154 valence electrons. The number of fused-ring (bicyclic) bond motifs is 1. The molecule has 5 rings (SSSR count). The Labute approximate surface area is 173 Å². The van der Waals surface area contributed by atoms with Gasteiger partial charge in [-0.25, -0.2) is 0 Å². The number of carbonyl (C=O) groups excluding carboxylic acids is 3. The summed E-state index contributed by atoms with van der Waals surface area (Å²) in [5.74, 6) is -0.338. The average molecular weight is 407 g/mol. The fourth-order valence-electron chi connectivity index (χ4n) is 4.27. The van der Waals surface area contributed by atoms with E-state index >= 15 is 0 Å². The molecule has 1 atom stereocenters. The maximum atomic E-state index is 12.5. The maximum absolute atomic E-state index is 12.5. The summed E-state index contributed by atoms with van der Waals surface area (Å²) < 4.78 is 10.6. The third kappa shape index (κ3) is 3.04. The van der Waals surface area contributed by atoms with Crippen molar-refractivity contribution in [2.75, 3.05) is 23.6 Å². The number of nitrogens with one attached hydrogen (secondary N) is 2. The number of ether oxygens (including phenoxy) is 2. The number of rotatable bonds is 3. The molecule has 3 aliphatic rings. The quantitative estimate of drug-likeness (QED) is 0.760. The third-order valence-corrected chi connectivity index (χ3v) is 5.77. The summed E-state index contributed by atoms with van der Waals surface area (Å²) in [6.07, 6.45) is 1.73. The van der Waals surface area contributed by atoms with Gasteiger partial charge < -0.3 is 25.0 Å². The lowest BCUT2D eigenvalue weighted by molar-refractivity contribution is -0.136. The van der Waals surface area contributed by atoms with Crippen LogP contribution in [0.3, 0.4) is 0 Å². The molecule has 0 aliphatic carbocycles. The first-order chi connectivity index (χ1) is 14.5. The molecular formula is C22H21N3O5. The Kier molecular flexibility index (Phi) is 4.34. The van der Waals surface area contributed by atoms with Crippen molar-refractivity contribution in [3.63, 3.8) is 0 Å². The van der Waals surface area contributed by atoms with Crippen LogP contribution in [-0.4, -0.2) is 31.1 Å². The highest BCUT2D eigenvalue weighted by molar-refractivity contribution is 6.39. The normalized spacial score (nSPS) is 18.2. The van der Waals surface area contributed by atoms with E-state index in [0.717, 1.165) is 41.8 Å². The second-order valence-corrected chi connectivity index (χ2v) is 7.71. The summed E-state index contributed by atoms with van der Waals surface area (Å²) in [7, 11) is 0. The van der Waals surface area contributed by atoms with Crippen molar-refractivity contribution in [2.24, 2.45) is 0 Å². The van der Waals surface area contributed by atoms with Crippen LogP contribution in [0.4, 0.5) is 11.4 Å². The molecule has 0 aromatic heterocycles. The molecule has 3 heterocycles. The Morgan fingerprint density at radius 1 is 1.13 bits per heavy atom. The first kappa shape index (κ1) is 18.5. The van der Waals surface area contributed by atoms with E-state index in [4.69, 9.17) is 9.47 Å². The molecule has 0 bridgehead atoms. The van der Waals surface area contributed by atoms with Crippen LogP contribution in [0.1, 0.15) is 36.0 Å². The maximum Gasteiger partial charge on any atom is 0.313 e. The van der Waals surface area contributed by atoms with Crippen LogP contribution in [0.15, 0.2) is 30.3 Å². The van der Waals surface area contributed by atoms with Crippen molar-refractivity contribution in [1.82, 2.24) is 5.32 Å². The molecule has 2 aromatic rings. The van der Waals surface area contributed by atoms with E-state index < -0.39 is 11.8 Å². The van der Waals surface area contributed by atoms with E-state index in [-0.39, 0.29) is 25.2 Å². The minimum atomic E-state index is -0.743. The van der Waals surface area contributed by atoms with Crippen molar-refractivity contribution in [3.8, 4) is 11.5 Å². The van der Waals surface area contributed by atoms with Gasteiger partial charge in [0.2, 0.25) is 12.7 Å². The number of anilines is 2. The number of hydrogen-bond acceptors (Lipinski definition) is 5. The van der Waals surface area contributed by atoms with E-state index in [1.807, 2.05) is 17.9 Å². The van der Waals surface area contributed by atoms with Crippen molar-refractivity contribution in [1.29, 1.82) is 0 Å². The summed E-state index contributed by atoms with van der Waals surface area (Å²) in [6, 6.07) is 9.01. The Hall–Kier alpha value is -3.55. The molecule has 0 unspecified atom stereocenters. The van der Waals surface area contributed by atoms with Gasteiger partial charge in [-0.05, 0) is 60.7 Å². The van der Waals surface area contributed by atoms with E-state index in [9.17, 15) is 14.4 Å². The zero-order valence-corrected chi connectivity index (χ0v) is 16.5. The molecule has 3 aliphatic heterocycles. The van der Waals surface area contributed by atoms with Crippen molar-refractivity contribution in [3.05, 3.63) is 47.0 Å². The Bertz CT molecular complexity index is 1080. The zero-order valence-electron chi connectivity index (χ0n) is 16.5. The lowest BCUT2D eigenvalue weighted by Gasteiger charge is -2.26. The highest BCUT2D eigenvalue weighted by atomic mass is 16.7. The SMILES string of the molecule is C[C@H]1C(=O)N2CCCc3cc(NC(=O)C(=O)NCc4ccc5c(c4)OCO5)cc1c32. The molecule has 0 radical (unpaired) electrons. The fourth-order valence-corrected chi connectivity index (χ4v) is 4.27. The fraction of sp³-hybridized carbons (Fsp3) is 0.318. The molecule has 2 aromatic carbocycles.